The van der Waals surface area contributed by atoms with Crippen LogP contribution in [-0.4, -0.2) is 49.7 Å². The lowest BCUT2D eigenvalue weighted by Crippen LogP contribution is -2.29. The molecule has 1 saturated carbocycles. The smallest absolute Gasteiger partial charge is 0.289 e. The number of nitrogens with zero attached hydrogens (tertiary/aromatic N) is 2. The largest absolute Gasteiger partial charge is 0.455 e. The molecule has 1 saturated heterocycles. The highest BCUT2D eigenvalue weighted by Gasteiger charge is 2.35. The molecule has 0 radical (unpaired) electrons. The van der Waals surface area contributed by atoms with Gasteiger partial charge >= 0.3 is 0 Å². The second-order valence-electron chi connectivity index (χ2n) is 5.79. The maximum absolute atomic E-state index is 12.5. The van der Waals surface area contributed by atoms with Crippen molar-refractivity contribution in [1.82, 2.24) is 9.21 Å². The van der Waals surface area contributed by atoms with Crippen LogP contribution in [-0.2, 0) is 10.0 Å². The van der Waals surface area contributed by atoms with E-state index in [1.165, 1.54) is 10.4 Å². The minimum absolute atomic E-state index is 0.111. The molecule has 0 N–H and O–H groups in total. The van der Waals surface area contributed by atoms with Gasteiger partial charge in [0.05, 0.1) is 0 Å². The molecule has 3 rings (SSSR count). The summed E-state index contributed by atoms with van der Waals surface area (Å²) in [6, 6.07) is 1.64. The van der Waals surface area contributed by atoms with Crippen LogP contribution in [0.4, 0.5) is 0 Å². The van der Waals surface area contributed by atoms with E-state index in [-0.39, 0.29) is 28.4 Å². The fraction of sp³-hybridized carbons (Fsp3) is 0.643. The molecule has 116 valence electrons. The van der Waals surface area contributed by atoms with Gasteiger partial charge in [-0.05, 0) is 32.6 Å². The fourth-order valence-electron chi connectivity index (χ4n) is 2.70. The predicted molar refractivity (Wildman–Crippen MR) is 76.6 cm³/mol. The molecule has 1 aliphatic carbocycles. The Morgan fingerprint density at radius 2 is 1.95 bits per heavy atom. The van der Waals surface area contributed by atoms with Crippen LogP contribution in [0, 0.1) is 6.92 Å². The molecular formula is C14H20N2O4S. The van der Waals surface area contributed by atoms with Crippen molar-refractivity contribution in [3.05, 3.63) is 17.6 Å². The lowest BCUT2D eigenvalue weighted by atomic mass is 10.4. The predicted octanol–water partition coefficient (Wildman–Crippen LogP) is 1.61. The standard InChI is InChI=1S/C14H20N2O4S/c1-10-13(21(18,19)16-7-3-4-8-16)9-12(20-10)14(17)15(2)11-5-6-11/h9,11H,3-8H2,1-2H3. The first-order chi connectivity index (χ1) is 9.91. The first kappa shape index (κ1) is 14.6. The van der Waals surface area contributed by atoms with Crippen molar-refractivity contribution in [1.29, 1.82) is 0 Å². The van der Waals surface area contributed by atoms with Crippen molar-refractivity contribution in [2.24, 2.45) is 0 Å². The molecule has 0 spiro atoms. The van der Waals surface area contributed by atoms with Crippen molar-refractivity contribution in [3.63, 3.8) is 0 Å². The van der Waals surface area contributed by atoms with Crippen LogP contribution in [0.2, 0.25) is 0 Å². The van der Waals surface area contributed by atoms with Crippen LogP contribution in [0.15, 0.2) is 15.4 Å². The molecule has 1 amide bonds. The number of aryl methyl sites for hydroxylation is 1. The Morgan fingerprint density at radius 1 is 1.33 bits per heavy atom. The van der Waals surface area contributed by atoms with Crippen molar-refractivity contribution < 1.29 is 17.6 Å². The monoisotopic (exact) mass is 312 g/mol. The number of rotatable bonds is 4. The molecular weight excluding hydrogens is 292 g/mol. The third-order valence-corrected chi connectivity index (χ3v) is 6.19. The molecule has 21 heavy (non-hydrogen) atoms. The molecule has 1 aromatic heterocycles. The van der Waals surface area contributed by atoms with Gasteiger partial charge in [0.1, 0.15) is 10.7 Å². The van der Waals surface area contributed by atoms with Gasteiger partial charge in [-0.2, -0.15) is 4.31 Å². The molecule has 2 aliphatic rings. The van der Waals surface area contributed by atoms with Crippen LogP contribution in [0.1, 0.15) is 42.0 Å². The summed E-state index contributed by atoms with van der Waals surface area (Å²) in [5, 5.41) is 0. The zero-order chi connectivity index (χ0) is 15.2. The summed E-state index contributed by atoms with van der Waals surface area (Å²) in [7, 11) is -1.81. The minimum Gasteiger partial charge on any atom is -0.455 e. The highest BCUT2D eigenvalue weighted by molar-refractivity contribution is 7.89. The summed E-state index contributed by atoms with van der Waals surface area (Å²) in [6.07, 6.45) is 3.76. The van der Waals surface area contributed by atoms with Crippen molar-refractivity contribution >= 4 is 15.9 Å². The minimum atomic E-state index is -3.54. The molecule has 2 fully saturated rings. The van der Waals surface area contributed by atoms with Crippen LogP contribution in [0.3, 0.4) is 0 Å². The average molecular weight is 312 g/mol. The summed E-state index contributed by atoms with van der Waals surface area (Å²) in [5.74, 6) is 0.151. The first-order valence-electron chi connectivity index (χ1n) is 7.29. The van der Waals surface area contributed by atoms with E-state index in [9.17, 15) is 13.2 Å². The van der Waals surface area contributed by atoms with Crippen LogP contribution >= 0.6 is 0 Å². The van der Waals surface area contributed by atoms with Gasteiger partial charge in [-0.3, -0.25) is 4.79 Å². The summed E-state index contributed by atoms with van der Waals surface area (Å²) in [4.78, 5) is 14.0. The molecule has 2 heterocycles. The van der Waals surface area contributed by atoms with Gasteiger partial charge in [-0.1, -0.05) is 0 Å². The van der Waals surface area contributed by atoms with E-state index in [2.05, 4.69) is 0 Å². The summed E-state index contributed by atoms with van der Waals surface area (Å²) >= 11 is 0. The zero-order valence-electron chi connectivity index (χ0n) is 12.3. The maximum Gasteiger partial charge on any atom is 0.289 e. The number of furan rings is 1. The molecule has 6 nitrogen and oxygen atoms in total. The molecule has 0 bridgehead atoms. The van der Waals surface area contributed by atoms with E-state index in [1.54, 1.807) is 18.9 Å². The molecule has 0 unspecified atom stereocenters. The Hall–Kier alpha value is -1.34. The lowest BCUT2D eigenvalue weighted by molar-refractivity contribution is 0.0752. The van der Waals surface area contributed by atoms with Gasteiger partial charge in [0.25, 0.3) is 5.91 Å². The second kappa shape index (κ2) is 5.14. The number of carbonyl (C=O) groups is 1. The lowest BCUT2D eigenvalue weighted by Gasteiger charge is -2.14. The van der Waals surface area contributed by atoms with Crippen molar-refractivity contribution in [2.45, 2.75) is 43.5 Å². The molecule has 1 aliphatic heterocycles. The van der Waals surface area contributed by atoms with E-state index >= 15 is 0 Å². The molecule has 1 aromatic rings. The zero-order valence-corrected chi connectivity index (χ0v) is 13.1. The van der Waals surface area contributed by atoms with E-state index in [1.807, 2.05) is 0 Å². The Kier molecular flexibility index (Phi) is 3.57. The quantitative estimate of drug-likeness (QED) is 0.847. The summed E-state index contributed by atoms with van der Waals surface area (Å²) in [5.41, 5.74) is 0. The van der Waals surface area contributed by atoms with Gasteiger partial charge in [-0.15, -0.1) is 0 Å². The maximum atomic E-state index is 12.5. The van der Waals surface area contributed by atoms with Crippen LogP contribution in [0.25, 0.3) is 0 Å². The number of amides is 1. The number of carbonyl (C=O) groups excluding carboxylic acids is 1. The highest BCUT2D eigenvalue weighted by Crippen LogP contribution is 2.30. The second-order valence-corrected chi connectivity index (χ2v) is 7.70. The van der Waals surface area contributed by atoms with Crippen LogP contribution in [0.5, 0.6) is 0 Å². The highest BCUT2D eigenvalue weighted by atomic mass is 32.2. The Labute approximate surface area is 124 Å². The first-order valence-corrected chi connectivity index (χ1v) is 8.73. The number of hydrogen-bond acceptors (Lipinski definition) is 4. The van der Waals surface area contributed by atoms with E-state index in [0.717, 1.165) is 25.7 Å². The molecule has 0 aromatic carbocycles. The van der Waals surface area contributed by atoms with Gasteiger partial charge in [0.2, 0.25) is 10.0 Å². The summed E-state index contributed by atoms with van der Waals surface area (Å²) < 4.78 is 32.0. The molecule has 7 heteroatoms. The SMILES string of the molecule is Cc1oc(C(=O)N(C)C2CC2)cc1S(=O)(=O)N1CCCC1. The third-order valence-electron chi connectivity index (χ3n) is 4.18. The Bertz CT molecular complexity index is 655. The number of sulfonamides is 1. The topological polar surface area (TPSA) is 70.8 Å². The average Bonchev–Trinajstić information content (AvgIpc) is 2.98. The van der Waals surface area contributed by atoms with Gasteiger partial charge in [0.15, 0.2) is 5.76 Å². The third kappa shape index (κ3) is 2.60. The van der Waals surface area contributed by atoms with Gasteiger partial charge in [-0.25, -0.2) is 8.42 Å². The van der Waals surface area contributed by atoms with Crippen molar-refractivity contribution in [3.8, 4) is 0 Å². The number of hydrogen-bond donors (Lipinski definition) is 0. The van der Waals surface area contributed by atoms with E-state index < -0.39 is 10.0 Å². The Morgan fingerprint density at radius 3 is 2.52 bits per heavy atom. The Balaban J connectivity index is 1.88. The van der Waals surface area contributed by atoms with E-state index in [4.69, 9.17) is 4.42 Å². The van der Waals surface area contributed by atoms with Gasteiger partial charge in [0, 0.05) is 32.2 Å². The fourth-order valence-corrected chi connectivity index (χ4v) is 4.37. The molecule has 0 atom stereocenters. The van der Waals surface area contributed by atoms with E-state index in [0.29, 0.717) is 13.1 Å². The van der Waals surface area contributed by atoms with Crippen molar-refractivity contribution in [2.75, 3.05) is 20.1 Å². The summed E-state index contributed by atoms with van der Waals surface area (Å²) in [6.45, 7) is 2.67. The van der Waals surface area contributed by atoms with Crippen LogP contribution < -0.4 is 0 Å². The normalized spacial score (nSPS) is 19.9. The van der Waals surface area contributed by atoms with Gasteiger partial charge < -0.3 is 9.32 Å².